The fourth-order valence-electron chi connectivity index (χ4n) is 2.97. The van der Waals surface area contributed by atoms with E-state index in [0.717, 1.165) is 5.56 Å². The van der Waals surface area contributed by atoms with Gasteiger partial charge < -0.3 is 14.4 Å². The Morgan fingerprint density at radius 3 is 2.19 bits per heavy atom. The zero-order valence-electron chi connectivity index (χ0n) is 15.0. The van der Waals surface area contributed by atoms with Crippen LogP contribution in [0.25, 0.3) is 4.48 Å². The first kappa shape index (κ1) is 20.2. The number of benzene rings is 1. The van der Waals surface area contributed by atoms with Crippen LogP contribution in [0.5, 0.6) is 0 Å². The summed E-state index contributed by atoms with van der Waals surface area (Å²) in [5.41, 5.74) is 1.52. The number of halogens is 1. The molecule has 0 aliphatic carbocycles. The number of carbonyl (C=O) groups is 3. The molecule has 140 valence electrons. The molecule has 0 spiro atoms. The predicted molar refractivity (Wildman–Crippen MR) is 100 cm³/mol. The normalized spacial score (nSPS) is 18.9. The van der Waals surface area contributed by atoms with Gasteiger partial charge in [-0.1, -0.05) is 46.3 Å². The van der Waals surface area contributed by atoms with Crippen LogP contribution in [0.3, 0.4) is 0 Å². The van der Waals surface area contributed by atoms with Crippen molar-refractivity contribution in [3.8, 4) is 0 Å². The minimum absolute atomic E-state index is 0.115. The molecule has 1 aromatic carbocycles. The summed E-state index contributed by atoms with van der Waals surface area (Å²) in [6.07, 6.45) is 0. The molecule has 1 atom stereocenters. The molecule has 1 amide bonds. The first-order valence-corrected chi connectivity index (χ1v) is 9.23. The Morgan fingerprint density at radius 1 is 1.15 bits per heavy atom. The van der Waals surface area contributed by atoms with Crippen LogP contribution in [0.2, 0.25) is 0 Å². The van der Waals surface area contributed by atoms with Crippen molar-refractivity contribution in [1.29, 1.82) is 0 Å². The summed E-state index contributed by atoms with van der Waals surface area (Å²) >= 11 is 3.55. The smallest absolute Gasteiger partial charge is 0.321 e. The van der Waals surface area contributed by atoms with Crippen molar-refractivity contribution < 1.29 is 23.9 Å². The highest BCUT2D eigenvalue weighted by Crippen LogP contribution is 2.39. The number of likely N-dealkylation sites (N-methyl/N-ethyl adjacent to an activating group) is 1. The van der Waals surface area contributed by atoms with Gasteiger partial charge in [0, 0.05) is 18.1 Å². The molecule has 6 nitrogen and oxygen atoms in total. The lowest BCUT2D eigenvalue weighted by Crippen LogP contribution is -2.39. The zero-order chi connectivity index (χ0) is 19.3. The number of hydrogen-bond donors (Lipinski definition) is 0. The predicted octanol–water partition coefficient (Wildman–Crippen LogP) is 2.62. The number of esters is 2. The molecule has 26 heavy (non-hydrogen) atoms. The van der Waals surface area contributed by atoms with Crippen LogP contribution in [-0.2, 0) is 23.9 Å². The average molecular weight is 424 g/mol. The molecule has 1 saturated heterocycles. The Bertz CT molecular complexity index is 698. The lowest BCUT2D eigenvalue weighted by Gasteiger charge is -2.21. The van der Waals surface area contributed by atoms with Gasteiger partial charge in [0.25, 0.3) is 0 Å². The molecule has 7 heteroatoms. The molecular weight excluding hydrogens is 402 g/mol. The lowest BCUT2D eigenvalue weighted by atomic mass is 9.86. The SMILES string of the molecule is CCOC(=O)C(C(=O)OCC)C1C(=O)N(C)C/C1=C(\Br)c1ccccc1. The van der Waals surface area contributed by atoms with Crippen molar-refractivity contribution in [2.24, 2.45) is 11.8 Å². The van der Waals surface area contributed by atoms with Gasteiger partial charge in [-0.05, 0) is 25.0 Å². The zero-order valence-corrected chi connectivity index (χ0v) is 16.6. The average Bonchev–Trinajstić information content (AvgIpc) is 2.91. The second-order valence-corrected chi connectivity index (χ2v) is 6.65. The van der Waals surface area contributed by atoms with E-state index in [2.05, 4.69) is 15.9 Å². The van der Waals surface area contributed by atoms with E-state index in [0.29, 0.717) is 16.6 Å². The van der Waals surface area contributed by atoms with Gasteiger partial charge in [0.1, 0.15) is 0 Å². The topological polar surface area (TPSA) is 72.9 Å². The van der Waals surface area contributed by atoms with Crippen LogP contribution >= 0.6 is 15.9 Å². The summed E-state index contributed by atoms with van der Waals surface area (Å²) in [6, 6.07) is 9.42. The van der Waals surface area contributed by atoms with Crippen LogP contribution in [0.4, 0.5) is 0 Å². The third kappa shape index (κ3) is 4.15. The number of carbonyl (C=O) groups excluding carboxylic acids is 3. The molecule has 0 aromatic heterocycles. The standard InChI is InChI=1S/C19H22BrNO5/c1-4-25-18(23)15(19(24)26-5-2)14-13(11-21(3)17(14)22)16(20)12-9-7-6-8-10-12/h6-10,14-15H,4-5,11H2,1-3H3/b16-13+. The molecule has 1 fully saturated rings. The van der Waals surface area contributed by atoms with Crippen LogP contribution < -0.4 is 0 Å². The van der Waals surface area contributed by atoms with E-state index in [1.807, 2.05) is 30.3 Å². The van der Waals surface area contributed by atoms with E-state index >= 15 is 0 Å². The Balaban J connectivity index is 2.53. The van der Waals surface area contributed by atoms with Gasteiger partial charge in [0.05, 0.1) is 19.1 Å². The van der Waals surface area contributed by atoms with E-state index in [9.17, 15) is 14.4 Å². The van der Waals surface area contributed by atoms with Crippen molar-refractivity contribution in [3.05, 3.63) is 41.5 Å². The van der Waals surface area contributed by atoms with E-state index < -0.39 is 23.8 Å². The lowest BCUT2D eigenvalue weighted by molar-refractivity contribution is -0.165. The maximum absolute atomic E-state index is 12.8. The van der Waals surface area contributed by atoms with Crippen molar-refractivity contribution in [2.45, 2.75) is 13.8 Å². The third-order valence-corrected chi connectivity index (χ3v) is 5.12. The molecule has 2 rings (SSSR count). The molecule has 0 N–H and O–H groups in total. The van der Waals surface area contributed by atoms with Gasteiger partial charge in [-0.25, -0.2) is 0 Å². The van der Waals surface area contributed by atoms with E-state index in [1.54, 1.807) is 20.9 Å². The number of ether oxygens (including phenoxy) is 2. The van der Waals surface area contributed by atoms with Gasteiger partial charge >= 0.3 is 11.9 Å². The Kier molecular flexibility index (Phi) is 6.97. The van der Waals surface area contributed by atoms with Gasteiger partial charge in [-0.15, -0.1) is 0 Å². The quantitative estimate of drug-likeness (QED) is 0.519. The number of hydrogen-bond acceptors (Lipinski definition) is 5. The second kappa shape index (κ2) is 8.98. The molecule has 1 aliphatic rings. The van der Waals surface area contributed by atoms with Crippen LogP contribution in [0, 0.1) is 11.8 Å². The molecule has 0 bridgehead atoms. The van der Waals surface area contributed by atoms with Gasteiger partial charge in [-0.2, -0.15) is 0 Å². The molecule has 1 unspecified atom stereocenters. The minimum Gasteiger partial charge on any atom is -0.465 e. The van der Waals surface area contributed by atoms with Gasteiger partial charge in [0.2, 0.25) is 5.91 Å². The Labute approximate surface area is 161 Å². The highest BCUT2D eigenvalue weighted by Gasteiger charge is 2.49. The van der Waals surface area contributed by atoms with E-state index in [-0.39, 0.29) is 19.1 Å². The Hall–Kier alpha value is -2.15. The first-order valence-electron chi connectivity index (χ1n) is 8.44. The summed E-state index contributed by atoms with van der Waals surface area (Å²) in [4.78, 5) is 39.2. The van der Waals surface area contributed by atoms with E-state index in [4.69, 9.17) is 9.47 Å². The summed E-state index contributed by atoms with van der Waals surface area (Å²) in [5, 5.41) is 0. The number of nitrogens with zero attached hydrogens (tertiary/aromatic N) is 1. The van der Waals surface area contributed by atoms with Crippen LogP contribution in [0.15, 0.2) is 35.9 Å². The maximum Gasteiger partial charge on any atom is 0.321 e. The monoisotopic (exact) mass is 423 g/mol. The van der Waals surface area contributed by atoms with Crippen molar-refractivity contribution in [1.82, 2.24) is 4.90 Å². The molecular formula is C19H22BrNO5. The number of amides is 1. The Morgan fingerprint density at radius 2 is 1.69 bits per heavy atom. The molecule has 0 saturated carbocycles. The molecule has 0 radical (unpaired) electrons. The van der Waals surface area contributed by atoms with Gasteiger partial charge in [0.15, 0.2) is 5.92 Å². The van der Waals surface area contributed by atoms with Crippen molar-refractivity contribution in [2.75, 3.05) is 26.8 Å². The second-order valence-electron chi connectivity index (χ2n) is 5.86. The van der Waals surface area contributed by atoms with E-state index in [1.165, 1.54) is 4.90 Å². The summed E-state index contributed by atoms with van der Waals surface area (Å²) in [6.45, 7) is 3.85. The number of rotatable bonds is 6. The van der Waals surface area contributed by atoms with Crippen LogP contribution in [0.1, 0.15) is 19.4 Å². The molecule has 1 aromatic rings. The maximum atomic E-state index is 12.8. The summed E-state index contributed by atoms with van der Waals surface area (Å²) < 4.78 is 10.8. The fourth-order valence-corrected chi connectivity index (χ4v) is 3.61. The first-order chi connectivity index (χ1) is 12.4. The third-order valence-electron chi connectivity index (χ3n) is 4.15. The van der Waals surface area contributed by atoms with Gasteiger partial charge in [-0.3, -0.25) is 14.4 Å². The molecule has 1 aliphatic heterocycles. The van der Waals surface area contributed by atoms with Crippen molar-refractivity contribution in [3.63, 3.8) is 0 Å². The minimum atomic E-state index is -1.32. The number of likely N-dealkylation sites (tertiary alicyclic amines) is 1. The molecule has 1 heterocycles. The largest absolute Gasteiger partial charge is 0.465 e. The fraction of sp³-hybridized carbons (Fsp3) is 0.421. The summed E-state index contributed by atoms with van der Waals surface area (Å²) in [5.74, 6) is -4.07. The van der Waals surface area contributed by atoms with Crippen molar-refractivity contribution >= 4 is 38.3 Å². The summed E-state index contributed by atoms with van der Waals surface area (Å²) in [7, 11) is 1.64. The highest BCUT2D eigenvalue weighted by molar-refractivity contribution is 9.15. The highest BCUT2D eigenvalue weighted by atomic mass is 79.9. The van der Waals surface area contributed by atoms with Crippen LogP contribution in [-0.4, -0.2) is 49.6 Å².